The highest BCUT2D eigenvalue weighted by Gasteiger charge is 2.29. The molecule has 1 aromatic rings. The SMILES string of the molecule is CCC1CCCCC1C(CCc1ccccc1)NN. The van der Waals surface area contributed by atoms with Gasteiger partial charge in [-0.25, -0.2) is 0 Å². The molecule has 0 radical (unpaired) electrons. The van der Waals surface area contributed by atoms with E-state index in [0.717, 1.165) is 24.7 Å². The fraction of sp³-hybridized carbons (Fsp3) is 0.647. The largest absolute Gasteiger partial charge is 0.271 e. The molecule has 1 aliphatic rings. The summed E-state index contributed by atoms with van der Waals surface area (Å²) in [5, 5.41) is 0. The van der Waals surface area contributed by atoms with E-state index in [0.29, 0.717) is 6.04 Å². The highest BCUT2D eigenvalue weighted by Crippen LogP contribution is 2.35. The Morgan fingerprint density at radius 3 is 2.63 bits per heavy atom. The van der Waals surface area contributed by atoms with Crippen molar-refractivity contribution in [2.45, 2.75) is 57.9 Å². The third-order valence-corrected chi connectivity index (χ3v) is 4.81. The van der Waals surface area contributed by atoms with E-state index in [1.807, 2.05) is 0 Å². The zero-order chi connectivity index (χ0) is 13.5. The molecular formula is C17H28N2. The van der Waals surface area contributed by atoms with E-state index in [2.05, 4.69) is 42.7 Å². The molecule has 1 fully saturated rings. The summed E-state index contributed by atoms with van der Waals surface area (Å²) in [5.74, 6) is 7.47. The second kappa shape index (κ2) is 7.66. The standard InChI is InChI=1S/C17H28N2/c1-2-15-10-6-7-11-16(15)17(19-18)13-12-14-8-4-3-5-9-14/h3-5,8-9,15-17,19H,2,6-7,10-13,18H2,1H3. The number of hydrogen-bond acceptors (Lipinski definition) is 2. The minimum absolute atomic E-state index is 0.477. The van der Waals surface area contributed by atoms with Crippen LogP contribution in [0.1, 0.15) is 51.0 Å². The van der Waals surface area contributed by atoms with Crippen LogP contribution in [0.5, 0.6) is 0 Å². The van der Waals surface area contributed by atoms with Gasteiger partial charge >= 0.3 is 0 Å². The van der Waals surface area contributed by atoms with Gasteiger partial charge in [-0.15, -0.1) is 0 Å². The smallest absolute Gasteiger partial charge is 0.0244 e. The van der Waals surface area contributed by atoms with Gasteiger partial charge in [0.05, 0.1) is 0 Å². The van der Waals surface area contributed by atoms with Crippen LogP contribution in [0.4, 0.5) is 0 Å². The normalized spacial score (nSPS) is 25.2. The Morgan fingerprint density at radius 2 is 1.95 bits per heavy atom. The maximum atomic E-state index is 5.83. The van der Waals surface area contributed by atoms with E-state index >= 15 is 0 Å². The van der Waals surface area contributed by atoms with Gasteiger partial charge < -0.3 is 0 Å². The van der Waals surface area contributed by atoms with Crippen molar-refractivity contribution >= 4 is 0 Å². The van der Waals surface area contributed by atoms with Crippen LogP contribution < -0.4 is 11.3 Å². The molecule has 3 atom stereocenters. The van der Waals surface area contributed by atoms with E-state index in [-0.39, 0.29) is 0 Å². The first-order valence-electron chi connectivity index (χ1n) is 7.85. The first-order valence-corrected chi connectivity index (χ1v) is 7.85. The van der Waals surface area contributed by atoms with Crippen molar-refractivity contribution in [3.63, 3.8) is 0 Å². The van der Waals surface area contributed by atoms with E-state index < -0.39 is 0 Å². The third kappa shape index (κ3) is 4.05. The van der Waals surface area contributed by atoms with Gasteiger partial charge in [0.15, 0.2) is 0 Å². The fourth-order valence-corrected chi connectivity index (χ4v) is 3.66. The Balaban J connectivity index is 1.91. The summed E-state index contributed by atoms with van der Waals surface area (Å²) in [5.41, 5.74) is 4.53. The molecule has 1 aliphatic carbocycles. The topological polar surface area (TPSA) is 38.0 Å². The molecule has 1 saturated carbocycles. The molecule has 0 amide bonds. The van der Waals surface area contributed by atoms with Gasteiger partial charge in [0.25, 0.3) is 0 Å². The number of aryl methyl sites for hydroxylation is 1. The predicted molar refractivity (Wildman–Crippen MR) is 81.6 cm³/mol. The quantitative estimate of drug-likeness (QED) is 0.605. The molecular weight excluding hydrogens is 232 g/mol. The molecule has 0 spiro atoms. The molecule has 0 bridgehead atoms. The molecule has 0 aromatic heterocycles. The summed E-state index contributed by atoms with van der Waals surface area (Å²) in [6, 6.07) is 11.2. The zero-order valence-electron chi connectivity index (χ0n) is 12.1. The Hall–Kier alpha value is -0.860. The highest BCUT2D eigenvalue weighted by atomic mass is 15.2. The second-order valence-corrected chi connectivity index (χ2v) is 5.91. The zero-order valence-corrected chi connectivity index (χ0v) is 12.1. The molecule has 2 rings (SSSR count). The van der Waals surface area contributed by atoms with Crippen molar-refractivity contribution in [2.75, 3.05) is 0 Å². The van der Waals surface area contributed by atoms with Crippen LogP contribution in [-0.2, 0) is 6.42 Å². The van der Waals surface area contributed by atoms with Crippen LogP contribution in [-0.4, -0.2) is 6.04 Å². The molecule has 3 unspecified atom stereocenters. The van der Waals surface area contributed by atoms with Crippen molar-refractivity contribution in [1.82, 2.24) is 5.43 Å². The molecule has 2 heteroatoms. The average Bonchev–Trinajstić information content (AvgIpc) is 2.49. The van der Waals surface area contributed by atoms with Crippen molar-refractivity contribution in [2.24, 2.45) is 17.7 Å². The Bertz CT molecular complexity index is 350. The summed E-state index contributed by atoms with van der Waals surface area (Å²) in [6.07, 6.45) is 9.11. The third-order valence-electron chi connectivity index (χ3n) is 4.81. The van der Waals surface area contributed by atoms with Gasteiger partial charge in [0.2, 0.25) is 0 Å². The highest BCUT2D eigenvalue weighted by molar-refractivity contribution is 5.14. The van der Waals surface area contributed by atoms with E-state index in [4.69, 9.17) is 5.84 Å². The number of hydrogen-bond donors (Lipinski definition) is 2. The van der Waals surface area contributed by atoms with E-state index in [1.54, 1.807) is 0 Å². The van der Waals surface area contributed by atoms with Gasteiger partial charge in [-0.2, -0.15) is 0 Å². The van der Waals surface area contributed by atoms with Crippen LogP contribution in [0.15, 0.2) is 30.3 Å². The first kappa shape index (κ1) is 14.5. The summed E-state index contributed by atoms with van der Waals surface area (Å²) in [6.45, 7) is 2.33. The Morgan fingerprint density at radius 1 is 1.21 bits per heavy atom. The maximum absolute atomic E-state index is 5.83. The molecule has 106 valence electrons. The summed E-state index contributed by atoms with van der Waals surface area (Å²) in [7, 11) is 0. The number of hydrazine groups is 1. The molecule has 2 nitrogen and oxygen atoms in total. The average molecular weight is 260 g/mol. The van der Waals surface area contributed by atoms with Crippen LogP contribution in [0.3, 0.4) is 0 Å². The van der Waals surface area contributed by atoms with Crippen molar-refractivity contribution in [3.8, 4) is 0 Å². The first-order chi connectivity index (χ1) is 9.35. The van der Waals surface area contributed by atoms with Gasteiger partial charge in [0, 0.05) is 6.04 Å². The van der Waals surface area contributed by atoms with Crippen LogP contribution >= 0.6 is 0 Å². The lowest BCUT2D eigenvalue weighted by molar-refractivity contribution is 0.169. The van der Waals surface area contributed by atoms with Crippen LogP contribution in [0.25, 0.3) is 0 Å². The number of nitrogens with one attached hydrogen (secondary N) is 1. The molecule has 1 aromatic carbocycles. The van der Waals surface area contributed by atoms with Gasteiger partial charge in [-0.05, 0) is 36.7 Å². The lowest BCUT2D eigenvalue weighted by atomic mass is 9.73. The lowest BCUT2D eigenvalue weighted by Gasteiger charge is -2.36. The van der Waals surface area contributed by atoms with Crippen molar-refractivity contribution in [1.29, 1.82) is 0 Å². The van der Waals surface area contributed by atoms with E-state index in [1.165, 1.54) is 37.7 Å². The minimum atomic E-state index is 0.477. The molecule has 0 aliphatic heterocycles. The lowest BCUT2D eigenvalue weighted by Crippen LogP contribution is -2.44. The molecule has 3 N–H and O–H groups in total. The number of nitrogens with two attached hydrogens (primary N) is 1. The summed E-state index contributed by atoms with van der Waals surface area (Å²) < 4.78 is 0. The Kier molecular flexibility index (Phi) is 5.87. The Labute approximate surface area is 117 Å². The molecule has 19 heavy (non-hydrogen) atoms. The van der Waals surface area contributed by atoms with Gasteiger partial charge in [0.1, 0.15) is 0 Å². The predicted octanol–water partition coefficient (Wildman–Crippen LogP) is 3.67. The van der Waals surface area contributed by atoms with Gasteiger partial charge in [-0.3, -0.25) is 11.3 Å². The molecule has 0 heterocycles. The van der Waals surface area contributed by atoms with Crippen molar-refractivity contribution in [3.05, 3.63) is 35.9 Å². The summed E-state index contributed by atoms with van der Waals surface area (Å²) in [4.78, 5) is 0. The summed E-state index contributed by atoms with van der Waals surface area (Å²) >= 11 is 0. The van der Waals surface area contributed by atoms with E-state index in [9.17, 15) is 0 Å². The number of benzene rings is 1. The van der Waals surface area contributed by atoms with Crippen LogP contribution in [0.2, 0.25) is 0 Å². The molecule has 0 saturated heterocycles. The monoisotopic (exact) mass is 260 g/mol. The van der Waals surface area contributed by atoms with Crippen molar-refractivity contribution < 1.29 is 0 Å². The maximum Gasteiger partial charge on any atom is 0.0244 e. The second-order valence-electron chi connectivity index (χ2n) is 5.91. The fourth-order valence-electron chi connectivity index (χ4n) is 3.66. The number of rotatable bonds is 6. The minimum Gasteiger partial charge on any atom is -0.271 e. The van der Waals surface area contributed by atoms with Crippen LogP contribution in [0, 0.1) is 11.8 Å². The van der Waals surface area contributed by atoms with Gasteiger partial charge in [-0.1, -0.05) is 62.9 Å².